The molecule has 1 aromatic carbocycles. The summed E-state index contributed by atoms with van der Waals surface area (Å²) in [5, 5.41) is 9.87. The second-order valence-electron chi connectivity index (χ2n) is 6.23. The minimum absolute atomic E-state index is 0.0792. The van der Waals surface area contributed by atoms with Gasteiger partial charge >= 0.3 is 18.0 Å². The summed E-state index contributed by atoms with van der Waals surface area (Å²) in [6.07, 6.45) is -3.14. The van der Waals surface area contributed by atoms with Crippen molar-refractivity contribution in [2.45, 2.75) is 12.7 Å². The van der Waals surface area contributed by atoms with Gasteiger partial charge in [-0.05, 0) is 12.1 Å². The zero-order valence-corrected chi connectivity index (χ0v) is 16.0. The van der Waals surface area contributed by atoms with Crippen molar-refractivity contribution in [1.29, 1.82) is 0 Å². The normalized spacial score (nSPS) is 16.9. The van der Waals surface area contributed by atoms with Crippen LogP contribution < -0.4 is 16.2 Å². The molecule has 0 radical (unpaired) electrons. The molecule has 29 heavy (non-hydrogen) atoms. The third kappa shape index (κ3) is 3.85. The van der Waals surface area contributed by atoms with Crippen LogP contribution in [0.25, 0.3) is 5.70 Å². The SMILES string of the molecule is Fc1ccc(Cl)c(CN2CCNC3=C2C=C(c2nnc(C(F)(F)F)o2)[NH2+]N3)c1Cl. The Balaban J connectivity index is 1.65. The fourth-order valence-electron chi connectivity index (χ4n) is 2.96. The van der Waals surface area contributed by atoms with Crippen LogP contribution in [0.1, 0.15) is 17.3 Å². The second kappa shape index (κ2) is 7.39. The van der Waals surface area contributed by atoms with Crippen molar-refractivity contribution >= 4 is 28.9 Å². The van der Waals surface area contributed by atoms with E-state index >= 15 is 0 Å². The molecule has 13 heteroatoms. The molecule has 2 aliphatic heterocycles. The van der Waals surface area contributed by atoms with Crippen molar-refractivity contribution in [1.82, 2.24) is 25.8 Å². The van der Waals surface area contributed by atoms with Gasteiger partial charge in [-0.3, -0.25) is 0 Å². The number of alkyl halides is 3. The molecule has 3 heterocycles. The number of hydrogen-bond acceptors (Lipinski definition) is 6. The molecule has 0 unspecified atom stereocenters. The fourth-order valence-corrected chi connectivity index (χ4v) is 3.45. The average molecular weight is 452 g/mol. The van der Waals surface area contributed by atoms with Crippen molar-refractivity contribution < 1.29 is 27.4 Å². The molecule has 154 valence electrons. The average Bonchev–Trinajstić information content (AvgIpc) is 3.19. The van der Waals surface area contributed by atoms with E-state index in [0.29, 0.717) is 35.2 Å². The number of aromatic nitrogens is 2. The quantitative estimate of drug-likeness (QED) is 0.377. The van der Waals surface area contributed by atoms with E-state index in [0.717, 1.165) is 0 Å². The molecule has 0 atom stereocenters. The van der Waals surface area contributed by atoms with E-state index in [1.54, 1.807) is 6.08 Å². The topological polar surface area (TPSA) is 82.8 Å². The second-order valence-corrected chi connectivity index (χ2v) is 7.01. The number of nitrogens with one attached hydrogen (secondary N) is 2. The predicted octanol–water partition coefficient (Wildman–Crippen LogP) is 2.23. The Morgan fingerprint density at radius 2 is 2.03 bits per heavy atom. The Morgan fingerprint density at radius 3 is 2.76 bits per heavy atom. The van der Waals surface area contributed by atoms with Gasteiger partial charge in [-0.1, -0.05) is 23.2 Å². The van der Waals surface area contributed by atoms with Gasteiger partial charge < -0.3 is 14.6 Å². The third-order valence-electron chi connectivity index (χ3n) is 4.35. The molecule has 7 nitrogen and oxygen atoms in total. The van der Waals surface area contributed by atoms with Crippen LogP contribution in [0.5, 0.6) is 0 Å². The van der Waals surface area contributed by atoms with Gasteiger partial charge in [0.25, 0.3) is 0 Å². The zero-order valence-electron chi connectivity index (χ0n) is 14.4. The number of allylic oxidation sites excluding steroid dienone is 1. The van der Waals surface area contributed by atoms with Crippen LogP contribution in [0.15, 0.2) is 34.1 Å². The number of benzene rings is 1. The summed E-state index contributed by atoms with van der Waals surface area (Å²) in [6.45, 7) is 1.29. The van der Waals surface area contributed by atoms with E-state index in [1.807, 2.05) is 4.90 Å². The lowest BCUT2D eigenvalue weighted by Crippen LogP contribution is -2.92. The number of halogens is 6. The van der Waals surface area contributed by atoms with Crippen molar-refractivity contribution in [3.8, 4) is 0 Å². The first-order valence-corrected chi connectivity index (χ1v) is 9.07. The Morgan fingerprint density at radius 1 is 1.24 bits per heavy atom. The molecule has 0 spiro atoms. The highest BCUT2D eigenvalue weighted by Gasteiger charge is 2.39. The number of rotatable bonds is 3. The van der Waals surface area contributed by atoms with Crippen LogP contribution >= 0.6 is 23.2 Å². The molecular formula is C16H13Cl2F4N6O+. The summed E-state index contributed by atoms with van der Waals surface area (Å²) in [6, 6.07) is 2.60. The highest BCUT2D eigenvalue weighted by molar-refractivity contribution is 6.36. The zero-order chi connectivity index (χ0) is 20.8. The van der Waals surface area contributed by atoms with E-state index in [9.17, 15) is 17.6 Å². The van der Waals surface area contributed by atoms with Gasteiger partial charge in [0.1, 0.15) is 5.82 Å². The van der Waals surface area contributed by atoms with E-state index < -0.39 is 17.9 Å². The van der Waals surface area contributed by atoms with Gasteiger partial charge in [0.15, 0.2) is 5.82 Å². The smallest absolute Gasteiger partial charge is 0.408 e. The molecule has 0 saturated heterocycles. The Labute approximate surface area is 171 Å². The van der Waals surface area contributed by atoms with E-state index in [4.69, 9.17) is 27.6 Å². The monoisotopic (exact) mass is 451 g/mol. The highest BCUT2D eigenvalue weighted by Crippen LogP contribution is 2.32. The first-order valence-electron chi connectivity index (χ1n) is 8.32. The molecule has 2 aliphatic rings. The summed E-state index contributed by atoms with van der Waals surface area (Å²) in [4.78, 5) is 1.86. The van der Waals surface area contributed by atoms with E-state index in [1.165, 1.54) is 17.6 Å². The molecule has 4 rings (SSSR count). The predicted molar refractivity (Wildman–Crippen MR) is 94.2 cm³/mol. The van der Waals surface area contributed by atoms with Crippen LogP contribution in [0.4, 0.5) is 17.6 Å². The van der Waals surface area contributed by atoms with Crippen LogP contribution in [0.3, 0.4) is 0 Å². The summed E-state index contributed by atoms with van der Waals surface area (Å²) < 4.78 is 56.8. The van der Waals surface area contributed by atoms with Crippen molar-refractivity contribution in [3.63, 3.8) is 0 Å². The molecule has 4 N–H and O–H groups in total. The number of hydrogen-bond donors (Lipinski definition) is 3. The lowest BCUT2D eigenvalue weighted by atomic mass is 10.1. The van der Waals surface area contributed by atoms with Gasteiger partial charge in [0, 0.05) is 36.3 Å². The van der Waals surface area contributed by atoms with Crippen LogP contribution in [0.2, 0.25) is 10.0 Å². The molecule has 1 aromatic heterocycles. The van der Waals surface area contributed by atoms with Crippen LogP contribution in [-0.2, 0) is 12.7 Å². The molecule has 0 aliphatic carbocycles. The highest BCUT2D eigenvalue weighted by atomic mass is 35.5. The Hall–Kier alpha value is -2.50. The maximum Gasteiger partial charge on any atom is 0.470 e. The number of nitrogens with zero attached hydrogens (tertiary/aromatic N) is 3. The maximum atomic E-state index is 13.8. The standard InChI is InChI=1S/C16H12Cl2F4N6O/c17-8-1-2-9(19)12(18)7(8)6-28-4-3-23-13-11(28)5-10(24-25-13)14-26-27-15(29-14)16(20,21)22/h1-2,5,23-25H,3-4,6H2/p+1. The van der Waals surface area contributed by atoms with Crippen LogP contribution in [0, 0.1) is 5.82 Å². The molecule has 0 fully saturated rings. The first kappa shape index (κ1) is 19.8. The van der Waals surface area contributed by atoms with Gasteiger partial charge in [-0.2, -0.15) is 13.2 Å². The van der Waals surface area contributed by atoms with Gasteiger partial charge in [0.05, 0.1) is 10.7 Å². The van der Waals surface area contributed by atoms with Gasteiger partial charge in [-0.15, -0.1) is 10.2 Å². The Kier molecular flexibility index (Phi) is 5.05. The van der Waals surface area contributed by atoms with Crippen molar-refractivity contribution in [2.24, 2.45) is 0 Å². The first-order chi connectivity index (χ1) is 13.7. The summed E-state index contributed by atoms with van der Waals surface area (Å²) in [5.74, 6) is -1.69. The number of quaternary nitrogens is 1. The van der Waals surface area contributed by atoms with E-state index in [-0.39, 0.29) is 23.2 Å². The van der Waals surface area contributed by atoms with E-state index in [2.05, 4.69) is 20.9 Å². The molecule has 2 aromatic rings. The van der Waals surface area contributed by atoms with Crippen molar-refractivity contribution in [3.05, 3.63) is 62.9 Å². The lowest BCUT2D eigenvalue weighted by Gasteiger charge is -2.34. The fraction of sp³-hybridized carbons (Fsp3) is 0.250. The molecule has 0 amide bonds. The maximum absolute atomic E-state index is 13.8. The molecular weight excluding hydrogens is 439 g/mol. The van der Waals surface area contributed by atoms with Crippen molar-refractivity contribution in [2.75, 3.05) is 13.1 Å². The lowest BCUT2D eigenvalue weighted by molar-refractivity contribution is -0.621. The molecule has 0 bridgehead atoms. The number of nitrogens with two attached hydrogens (primary N) is 1. The Bertz CT molecular complexity index is 1020. The molecule has 0 saturated carbocycles. The van der Waals surface area contributed by atoms with Gasteiger partial charge in [0.2, 0.25) is 5.70 Å². The summed E-state index contributed by atoms with van der Waals surface area (Å²) >= 11 is 12.2. The summed E-state index contributed by atoms with van der Waals surface area (Å²) in [5.41, 5.74) is 5.68. The third-order valence-corrected chi connectivity index (χ3v) is 5.11. The van der Waals surface area contributed by atoms with Gasteiger partial charge in [-0.25, -0.2) is 15.2 Å². The van der Waals surface area contributed by atoms with Crippen LogP contribution in [-0.4, -0.2) is 28.2 Å². The minimum Gasteiger partial charge on any atom is -0.408 e. The summed E-state index contributed by atoms with van der Waals surface area (Å²) in [7, 11) is 0. The minimum atomic E-state index is -4.73. The largest absolute Gasteiger partial charge is 0.470 e.